The van der Waals surface area contributed by atoms with Crippen molar-refractivity contribution in [3.8, 4) is 0 Å². The Morgan fingerprint density at radius 1 is 1.29 bits per heavy atom. The number of hydrogen-bond acceptors (Lipinski definition) is 1. The second-order valence-corrected chi connectivity index (χ2v) is 5.67. The van der Waals surface area contributed by atoms with Crippen LogP contribution in [0.2, 0.25) is 0 Å². The van der Waals surface area contributed by atoms with Crippen molar-refractivity contribution >= 4 is 0 Å². The van der Waals surface area contributed by atoms with E-state index in [1.54, 1.807) is 11.1 Å². The van der Waals surface area contributed by atoms with E-state index in [-0.39, 0.29) is 0 Å². The number of rotatable bonds is 5. The molecule has 2 atom stereocenters. The average Bonchev–Trinajstić information content (AvgIpc) is 2.66. The third-order valence-corrected chi connectivity index (χ3v) is 3.88. The SMILES string of the molecule is CCNC1c2ccccc2CC1CCC(C)C. The molecule has 1 aliphatic rings. The van der Waals surface area contributed by atoms with Gasteiger partial charge in [-0.2, -0.15) is 0 Å². The molecular formula is C16H25N. The van der Waals surface area contributed by atoms with Gasteiger partial charge in [-0.15, -0.1) is 0 Å². The van der Waals surface area contributed by atoms with Crippen LogP contribution in [0.1, 0.15) is 50.8 Å². The summed E-state index contributed by atoms with van der Waals surface area (Å²) in [7, 11) is 0. The molecule has 1 nitrogen and oxygen atoms in total. The van der Waals surface area contributed by atoms with E-state index in [2.05, 4.69) is 50.4 Å². The molecule has 0 spiro atoms. The van der Waals surface area contributed by atoms with E-state index in [9.17, 15) is 0 Å². The third-order valence-electron chi connectivity index (χ3n) is 3.88. The fourth-order valence-electron chi connectivity index (χ4n) is 2.99. The first-order valence-corrected chi connectivity index (χ1v) is 7.03. The lowest BCUT2D eigenvalue weighted by molar-refractivity contribution is 0.345. The Kier molecular flexibility index (Phi) is 4.22. The molecule has 0 saturated carbocycles. The smallest absolute Gasteiger partial charge is 0.0354 e. The van der Waals surface area contributed by atoms with Crippen LogP contribution in [0.4, 0.5) is 0 Å². The lowest BCUT2D eigenvalue weighted by Crippen LogP contribution is -2.25. The fourth-order valence-corrected chi connectivity index (χ4v) is 2.99. The minimum absolute atomic E-state index is 0.593. The monoisotopic (exact) mass is 231 g/mol. The van der Waals surface area contributed by atoms with Gasteiger partial charge >= 0.3 is 0 Å². The van der Waals surface area contributed by atoms with Crippen molar-refractivity contribution in [2.45, 2.75) is 46.1 Å². The molecule has 1 aromatic rings. The summed E-state index contributed by atoms with van der Waals surface area (Å²) in [5.41, 5.74) is 3.11. The van der Waals surface area contributed by atoms with E-state index in [0.717, 1.165) is 18.4 Å². The van der Waals surface area contributed by atoms with Gasteiger partial charge in [-0.25, -0.2) is 0 Å². The highest BCUT2D eigenvalue weighted by Gasteiger charge is 2.30. The van der Waals surface area contributed by atoms with E-state index in [1.807, 2.05) is 0 Å². The molecule has 2 rings (SSSR count). The minimum atomic E-state index is 0.593. The summed E-state index contributed by atoms with van der Waals surface area (Å²) in [4.78, 5) is 0. The molecule has 1 N–H and O–H groups in total. The van der Waals surface area contributed by atoms with Crippen molar-refractivity contribution in [1.82, 2.24) is 5.32 Å². The van der Waals surface area contributed by atoms with Crippen LogP contribution in [-0.4, -0.2) is 6.54 Å². The zero-order chi connectivity index (χ0) is 12.3. The Hall–Kier alpha value is -0.820. The molecule has 0 heterocycles. The molecule has 94 valence electrons. The van der Waals surface area contributed by atoms with Crippen LogP contribution in [0.3, 0.4) is 0 Å². The molecule has 0 aromatic heterocycles. The van der Waals surface area contributed by atoms with E-state index in [4.69, 9.17) is 0 Å². The first-order valence-electron chi connectivity index (χ1n) is 7.03. The first kappa shape index (κ1) is 12.6. The number of nitrogens with one attached hydrogen (secondary N) is 1. The number of hydrogen-bond donors (Lipinski definition) is 1. The summed E-state index contributed by atoms with van der Waals surface area (Å²) < 4.78 is 0. The maximum Gasteiger partial charge on any atom is 0.0354 e. The third kappa shape index (κ3) is 2.90. The second-order valence-electron chi connectivity index (χ2n) is 5.67. The topological polar surface area (TPSA) is 12.0 Å². The highest BCUT2D eigenvalue weighted by atomic mass is 14.9. The molecular weight excluding hydrogens is 206 g/mol. The van der Waals surface area contributed by atoms with Gasteiger partial charge in [0.25, 0.3) is 0 Å². The predicted octanol–water partition coefficient (Wildman–Crippen LogP) is 3.95. The maximum absolute atomic E-state index is 3.67. The van der Waals surface area contributed by atoms with E-state index in [0.29, 0.717) is 6.04 Å². The molecule has 0 amide bonds. The summed E-state index contributed by atoms with van der Waals surface area (Å²) in [5.74, 6) is 1.62. The van der Waals surface area contributed by atoms with Gasteiger partial charge in [-0.05, 0) is 42.3 Å². The Morgan fingerprint density at radius 3 is 2.76 bits per heavy atom. The van der Waals surface area contributed by atoms with Gasteiger partial charge in [-0.1, -0.05) is 51.5 Å². The van der Waals surface area contributed by atoms with E-state index in [1.165, 1.54) is 19.3 Å². The molecule has 0 aliphatic heterocycles. The highest BCUT2D eigenvalue weighted by molar-refractivity contribution is 5.35. The Labute approximate surface area is 106 Å². The first-order chi connectivity index (χ1) is 8.22. The van der Waals surface area contributed by atoms with Crippen LogP contribution in [0.25, 0.3) is 0 Å². The molecule has 0 fully saturated rings. The highest BCUT2D eigenvalue weighted by Crippen LogP contribution is 2.38. The van der Waals surface area contributed by atoms with Crippen molar-refractivity contribution < 1.29 is 0 Å². The van der Waals surface area contributed by atoms with Crippen LogP contribution in [0, 0.1) is 11.8 Å². The fraction of sp³-hybridized carbons (Fsp3) is 0.625. The normalized spacial score (nSPS) is 23.1. The lowest BCUT2D eigenvalue weighted by atomic mass is 9.92. The molecule has 0 bridgehead atoms. The van der Waals surface area contributed by atoms with Gasteiger partial charge in [0, 0.05) is 6.04 Å². The van der Waals surface area contributed by atoms with E-state index >= 15 is 0 Å². The average molecular weight is 231 g/mol. The molecule has 0 saturated heterocycles. The van der Waals surface area contributed by atoms with Gasteiger partial charge < -0.3 is 5.32 Å². The summed E-state index contributed by atoms with van der Waals surface area (Å²) >= 11 is 0. The van der Waals surface area contributed by atoms with Crippen molar-refractivity contribution in [2.24, 2.45) is 11.8 Å². The molecule has 0 radical (unpaired) electrons. The van der Waals surface area contributed by atoms with Gasteiger partial charge in [0.15, 0.2) is 0 Å². The van der Waals surface area contributed by atoms with Crippen LogP contribution in [0.15, 0.2) is 24.3 Å². The zero-order valence-electron chi connectivity index (χ0n) is 11.4. The summed E-state index contributed by atoms with van der Waals surface area (Å²) in [6, 6.07) is 9.54. The predicted molar refractivity (Wildman–Crippen MR) is 74.1 cm³/mol. The molecule has 1 aromatic carbocycles. The minimum Gasteiger partial charge on any atom is -0.310 e. The maximum atomic E-state index is 3.67. The number of benzene rings is 1. The Bertz CT molecular complexity index is 356. The van der Waals surface area contributed by atoms with Crippen molar-refractivity contribution in [3.63, 3.8) is 0 Å². The number of fused-ring (bicyclic) bond motifs is 1. The summed E-state index contributed by atoms with van der Waals surface area (Å²) in [6.07, 6.45) is 3.96. The Balaban J connectivity index is 2.09. The van der Waals surface area contributed by atoms with Crippen LogP contribution >= 0.6 is 0 Å². The Morgan fingerprint density at radius 2 is 2.06 bits per heavy atom. The molecule has 2 unspecified atom stereocenters. The van der Waals surface area contributed by atoms with Gasteiger partial charge in [-0.3, -0.25) is 0 Å². The van der Waals surface area contributed by atoms with Crippen LogP contribution < -0.4 is 5.32 Å². The standard InChI is InChI=1S/C16H25N/c1-4-17-16-14(10-9-12(2)3)11-13-7-5-6-8-15(13)16/h5-8,12,14,16-17H,4,9-11H2,1-3H3. The molecule has 17 heavy (non-hydrogen) atoms. The summed E-state index contributed by atoms with van der Waals surface area (Å²) in [6.45, 7) is 7.92. The van der Waals surface area contributed by atoms with Crippen LogP contribution in [0.5, 0.6) is 0 Å². The molecule has 1 aliphatic carbocycles. The van der Waals surface area contributed by atoms with Crippen molar-refractivity contribution in [3.05, 3.63) is 35.4 Å². The van der Waals surface area contributed by atoms with Crippen LogP contribution in [-0.2, 0) is 6.42 Å². The van der Waals surface area contributed by atoms with Gasteiger partial charge in [0.2, 0.25) is 0 Å². The second kappa shape index (κ2) is 5.68. The quantitative estimate of drug-likeness (QED) is 0.809. The van der Waals surface area contributed by atoms with Gasteiger partial charge in [0.1, 0.15) is 0 Å². The summed E-state index contributed by atoms with van der Waals surface area (Å²) in [5, 5.41) is 3.67. The zero-order valence-corrected chi connectivity index (χ0v) is 11.4. The van der Waals surface area contributed by atoms with Gasteiger partial charge in [0.05, 0.1) is 0 Å². The van der Waals surface area contributed by atoms with Crippen molar-refractivity contribution in [2.75, 3.05) is 6.54 Å². The van der Waals surface area contributed by atoms with Crippen molar-refractivity contribution in [1.29, 1.82) is 0 Å². The lowest BCUT2D eigenvalue weighted by Gasteiger charge is -2.22. The molecule has 1 heteroatoms. The van der Waals surface area contributed by atoms with E-state index < -0.39 is 0 Å². The largest absolute Gasteiger partial charge is 0.310 e.